The summed E-state index contributed by atoms with van der Waals surface area (Å²) in [5.74, 6) is 0.904. The highest BCUT2D eigenvalue weighted by Crippen LogP contribution is 2.21. The van der Waals surface area contributed by atoms with Crippen molar-refractivity contribution in [3.05, 3.63) is 40.9 Å². The minimum absolute atomic E-state index is 0.273. The topological polar surface area (TPSA) is 89.7 Å². The maximum atomic E-state index is 12.5. The molecule has 25 heavy (non-hydrogen) atoms. The van der Waals surface area contributed by atoms with Gasteiger partial charge in [-0.3, -0.25) is 9.69 Å². The number of fused-ring (bicyclic) bond motifs is 1. The molecule has 0 unspecified atom stereocenters. The maximum Gasteiger partial charge on any atom is 0.279 e. The second kappa shape index (κ2) is 7.30. The first-order valence-electron chi connectivity index (χ1n) is 8.42. The zero-order valence-corrected chi connectivity index (χ0v) is 13.9. The monoisotopic (exact) mass is 344 g/mol. The first kappa shape index (κ1) is 16.2. The zero-order chi connectivity index (χ0) is 17.1. The van der Waals surface area contributed by atoms with Crippen LogP contribution in [0.15, 0.2) is 22.7 Å². The molecule has 8 nitrogen and oxygen atoms in total. The highest BCUT2D eigenvalue weighted by Gasteiger charge is 2.24. The van der Waals surface area contributed by atoms with Crippen molar-refractivity contribution in [2.24, 2.45) is 0 Å². The number of morpholine rings is 1. The van der Waals surface area contributed by atoms with Crippen LogP contribution in [0.4, 0.5) is 5.82 Å². The molecule has 1 fully saturated rings. The van der Waals surface area contributed by atoms with Crippen LogP contribution in [0.25, 0.3) is 0 Å². The Kier molecular flexibility index (Phi) is 4.73. The average molecular weight is 344 g/mol. The number of nitrogens with one attached hydrogen (secondary N) is 1. The van der Waals surface area contributed by atoms with Crippen molar-refractivity contribution in [1.29, 1.82) is 0 Å². The molecule has 0 atom stereocenters. The summed E-state index contributed by atoms with van der Waals surface area (Å²) in [7, 11) is 0. The van der Waals surface area contributed by atoms with Crippen molar-refractivity contribution in [1.82, 2.24) is 15.0 Å². The first-order valence-corrected chi connectivity index (χ1v) is 8.42. The highest BCUT2D eigenvalue weighted by molar-refractivity contribution is 6.03. The fourth-order valence-corrected chi connectivity index (χ4v) is 3.01. The van der Waals surface area contributed by atoms with E-state index in [0.29, 0.717) is 25.5 Å². The molecule has 132 valence electrons. The van der Waals surface area contributed by atoms with Gasteiger partial charge in [0.25, 0.3) is 5.91 Å². The molecule has 2 aliphatic heterocycles. The molecule has 1 saturated heterocycles. The summed E-state index contributed by atoms with van der Waals surface area (Å²) in [6.45, 7) is 4.96. The molecular formula is C17H20N4O4. The van der Waals surface area contributed by atoms with Crippen molar-refractivity contribution >= 4 is 11.7 Å². The van der Waals surface area contributed by atoms with Crippen LogP contribution in [0.2, 0.25) is 0 Å². The molecule has 2 aliphatic rings. The number of hydrogen-bond donors (Lipinski definition) is 1. The standard InChI is InChI=1S/C17H20N4O4/c22-17(16-13-11-24-7-4-14(13)25-20-16)19-15-3-1-2-12(18-15)10-21-5-8-23-9-6-21/h1-3H,4-11H2,(H,18,19,22). The maximum absolute atomic E-state index is 12.5. The van der Waals surface area contributed by atoms with Crippen molar-refractivity contribution in [2.75, 3.05) is 38.2 Å². The summed E-state index contributed by atoms with van der Waals surface area (Å²) >= 11 is 0. The van der Waals surface area contributed by atoms with Crippen molar-refractivity contribution in [3.8, 4) is 0 Å². The van der Waals surface area contributed by atoms with Crippen LogP contribution in [0, 0.1) is 0 Å². The van der Waals surface area contributed by atoms with Crippen LogP contribution in [0.3, 0.4) is 0 Å². The molecule has 0 spiro atoms. The van der Waals surface area contributed by atoms with Gasteiger partial charge in [0, 0.05) is 26.1 Å². The zero-order valence-electron chi connectivity index (χ0n) is 13.9. The Morgan fingerprint density at radius 2 is 2.08 bits per heavy atom. The summed E-state index contributed by atoms with van der Waals surface area (Å²) in [6, 6.07) is 5.61. The third-order valence-corrected chi connectivity index (χ3v) is 4.34. The summed E-state index contributed by atoms with van der Waals surface area (Å²) in [5.41, 5.74) is 1.91. The summed E-state index contributed by atoms with van der Waals surface area (Å²) in [6.07, 6.45) is 0.642. The van der Waals surface area contributed by atoms with Gasteiger partial charge in [-0.2, -0.15) is 0 Å². The number of hydrogen-bond acceptors (Lipinski definition) is 7. The van der Waals surface area contributed by atoms with Gasteiger partial charge in [0.05, 0.1) is 37.7 Å². The Balaban J connectivity index is 1.44. The number of nitrogens with zero attached hydrogens (tertiary/aromatic N) is 3. The van der Waals surface area contributed by atoms with E-state index in [4.69, 9.17) is 14.0 Å². The minimum Gasteiger partial charge on any atom is -0.379 e. The van der Waals surface area contributed by atoms with Crippen LogP contribution >= 0.6 is 0 Å². The molecule has 0 bridgehead atoms. The van der Waals surface area contributed by atoms with Crippen LogP contribution in [-0.2, 0) is 29.0 Å². The summed E-state index contributed by atoms with van der Waals surface area (Å²) < 4.78 is 16.0. The first-order chi connectivity index (χ1) is 12.3. The van der Waals surface area contributed by atoms with Crippen LogP contribution in [0.5, 0.6) is 0 Å². The molecular weight excluding hydrogens is 324 g/mol. The number of rotatable bonds is 4. The van der Waals surface area contributed by atoms with Crippen LogP contribution < -0.4 is 5.32 Å². The van der Waals surface area contributed by atoms with Gasteiger partial charge in [-0.1, -0.05) is 11.2 Å². The predicted octanol–water partition coefficient (Wildman–Crippen LogP) is 1.23. The largest absolute Gasteiger partial charge is 0.379 e. The molecule has 0 aromatic carbocycles. The van der Waals surface area contributed by atoms with Crippen molar-refractivity contribution < 1.29 is 18.8 Å². The average Bonchev–Trinajstić information content (AvgIpc) is 3.07. The van der Waals surface area contributed by atoms with E-state index in [0.717, 1.165) is 49.9 Å². The van der Waals surface area contributed by atoms with E-state index in [2.05, 4.69) is 20.4 Å². The van der Waals surface area contributed by atoms with Crippen molar-refractivity contribution in [2.45, 2.75) is 19.6 Å². The molecule has 0 radical (unpaired) electrons. The highest BCUT2D eigenvalue weighted by atomic mass is 16.5. The van der Waals surface area contributed by atoms with E-state index in [1.165, 1.54) is 0 Å². The number of ether oxygens (including phenoxy) is 2. The summed E-state index contributed by atoms with van der Waals surface area (Å²) in [5, 5.41) is 6.69. The fourth-order valence-electron chi connectivity index (χ4n) is 3.01. The second-order valence-corrected chi connectivity index (χ2v) is 6.09. The number of carbonyl (C=O) groups is 1. The molecule has 4 heterocycles. The molecule has 4 rings (SSSR count). The quantitative estimate of drug-likeness (QED) is 0.892. The van der Waals surface area contributed by atoms with Gasteiger partial charge in [-0.25, -0.2) is 4.98 Å². The molecule has 0 saturated carbocycles. The van der Waals surface area contributed by atoms with Gasteiger partial charge in [0.2, 0.25) is 0 Å². The molecule has 1 N–H and O–H groups in total. The lowest BCUT2D eigenvalue weighted by atomic mass is 10.1. The molecule has 1 amide bonds. The minimum atomic E-state index is -0.327. The van der Waals surface area contributed by atoms with Gasteiger partial charge >= 0.3 is 0 Å². The SMILES string of the molecule is O=C(Nc1cccc(CN2CCOCC2)n1)c1noc2c1COCC2. The van der Waals surface area contributed by atoms with Gasteiger partial charge in [0.15, 0.2) is 5.69 Å². The molecule has 2 aromatic heterocycles. The van der Waals surface area contributed by atoms with Crippen LogP contribution in [0.1, 0.15) is 27.5 Å². The number of aromatic nitrogens is 2. The third-order valence-electron chi connectivity index (χ3n) is 4.34. The van der Waals surface area contributed by atoms with Crippen molar-refractivity contribution in [3.63, 3.8) is 0 Å². The van der Waals surface area contributed by atoms with Gasteiger partial charge in [-0.05, 0) is 12.1 Å². The Hall–Kier alpha value is -2.29. The number of pyridine rings is 1. The lowest BCUT2D eigenvalue weighted by molar-refractivity contribution is 0.0337. The number of anilines is 1. The number of amides is 1. The van der Waals surface area contributed by atoms with E-state index >= 15 is 0 Å². The molecule has 8 heteroatoms. The van der Waals surface area contributed by atoms with Crippen LogP contribution in [-0.4, -0.2) is 53.9 Å². The summed E-state index contributed by atoms with van der Waals surface area (Å²) in [4.78, 5) is 19.3. The smallest absolute Gasteiger partial charge is 0.279 e. The fraction of sp³-hybridized carbons (Fsp3) is 0.471. The van der Waals surface area contributed by atoms with E-state index < -0.39 is 0 Å². The van der Waals surface area contributed by atoms with E-state index in [1.54, 1.807) is 6.07 Å². The van der Waals surface area contributed by atoms with Gasteiger partial charge in [-0.15, -0.1) is 0 Å². The van der Waals surface area contributed by atoms with Gasteiger partial charge in [0.1, 0.15) is 11.6 Å². The van der Waals surface area contributed by atoms with E-state index in [9.17, 15) is 4.79 Å². The normalized spacial score (nSPS) is 17.9. The third kappa shape index (κ3) is 3.71. The Bertz CT molecular complexity index is 755. The Morgan fingerprint density at radius 1 is 1.20 bits per heavy atom. The second-order valence-electron chi connectivity index (χ2n) is 6.09. The lowest BCUT2D eigenvalue weighted by Gasteiger charge is -2.26. The lowest BCUT2D eigenvalue weighted by Crippen LogP contribution is -2.35. The van der Waals surface area contributed by atoms with E-state index in [-0.39, 0.29) is 11.6 Å². The molecule has 2 aromatic rings. The Morgan fingerprint density at radius 3 is 2.96 bits per heavy atom. The van der Waals surface area contributed by atoms with Gasteiger partial charge < -0.3 is 19.3 Å². The van der Waals surface area contributed by atoms with E-state index in [1.807, 2.05) is 12.1 Å². The predicted molar refractivity (Wildman–Crippen MR) is 88.1 cm³/mol. The molecule has 0 aliphatic carbocycles. The Labute approximate surface area is 145 Å². The number of carbonyl (C=O) groups excluding carboxylic acids is 1.